The Morgan fingerprint density at radius 1 is 0.313 bits per heavy atom. The first-order valence-corrected chi connectivity index (χ1v) is 27.0. The van der Waals surface area contributed by atoms with Gasteiger partial charge in [0.15, 0.2) is 6.10 Å². The first-order chi connectivity index (χ1) is 33.0. The van der Waals surface area contributed by atoms with Crippen LogP contribution in [0.2, 0.25) is 0 Å². The van der Waals surface area contributed by atoms with Gasteiger partial charge in [0.25, 0.3) is 0 Å². The summed E-state index contributed by atoms with van der Waals surface area (Å²) in [5.41, 5.74) is 0. The summed E-state index contributed by atoms with van der Waals surface area (Å²) in [5.74, 6) is -0.987. The molecule has 0 spiro atoms. The maximum Gasteiger partial charge on any atom is 0.306 e. The SMILES string of the molecule is CC/C=C\C/C=C\C/C=C\C/C=C\CCCCCCC(=O)OC[C@H](COC(=O)CCCC/C=C\C/C=C\C/C=C\C/C=C\CC)OC(=O)CCCCCCCCC/C=C\C/C=C\CCCCC. The lowest BCUT2D eigenvalue weighted by Gasteiger charge is -2.18. The molecule has 6 heteroatoms. The summed E-state index contributed by atoms with van der Waals surface area (Å²) in [5, 5.41) is 0. The third kappa shape index (κ3) is 52.6. The highest BCUT2D eigenvalue weighted by molar-refractivity contribution is 5.71. The first kappa shape index (κ1) is 62.8. The van der Waals surface area contributed by atoms with Crippen LogP contribution in [0.5, 0.6) is 0 Å². The van der Waals surface area contributed by atoms with Crippen molar-refractivity contribution in [2.24, 2.45) is 0 Å². The van der Waals surface area contributed by atoms with Gasteiger partial charge in [-0.05, 0) is 128 Å². The van der Waals surface area contributed by atoms with Gasteiger partial charge in [0.1, 0.15) is 13.2 Å². The van der Waals surface area contributed by atoms with Gasteiger partial charge in [-0.15, -0.1) is 0 Å². The second-order valence-corrected chi connectivity index (χ2v) is 17.4. The molecule has 0 aliphatic heterocycles. The molecule has 0 aromatic rings. The summed E-state index contributed by atoms with van der Waals surface area (Å²) in [7, 11) is 0. The molecule has 0 aromatic heterocycles. The monoisotopic (exact) mass is 927 g/mol. The van der Waals surface area contributed by atoms with Crippen LogP contribution in [-0.4, -0.2) is 37.2 Å². The molecule has 0 unspecified atom stereocenters. The maximum absolute atomic E-state index is 12.8. The van der Waals surface area contributed by atoms with Crippen LogP contribution in [0.4, 0.5) is 0 Å². The molecule has 0 aliphatic rings. The van der Waals surface area contributed by atoms with Crippen LogP contribution in [0.15, 0.2) is 122 Å². The number of rotatable bonds is 47. The Balaban J connectivity index is 4.53. The standard InChI is InChI=1S/C61H98O6/c1-4-7-10-13-16-19-22-25-28-30-33-36-39-42-45-48-51-54-60(63)66-57-58(56-65-59(62)53-50-47-44-41-38-35-32-27-24-21-18-15-12-9-6-3)67-61(64)55-52-49-46-43-40-37-34-31-29-26-23-20-17-14-11-8-5-2/h7,9-10,12,16-21,25-29,32-33,36,38,41,58H,4-6,8,11,13-15,22-24,30-31,34-35,37,39-40,42-57H2,1-3H3/b10-7-,12-9-,19-16-,20-17-,21-18-,28-25-,29-26-,32-27-,36-33-,41-38-/t58-/m0/s1. The highest BCUT2D eigenvalue weighted by Crippen LogP contribution is 2.13. The third-order valence-corrected chi connectivity index (χ3v) is 10.9. The van der Waals surface area contributed by atoms with Crippen LogP contribution in [-0.2, 0) is 28.6 Å². The van der Waals surface area contributed by atoms with Crippen LogP contribution in [0.1, 0.15) is 226 Å². The fourth-order valence-corrected chi connectivity index (χ4v) is 6.92. The fourth-order valence-electron chi connectivity index (χ4n) is 6.92. The minimum atomic E-state index is -0.813. The van der Waals surface area contributed by atoms with Crippen molar-refractivity contribution in [2.45, 2.75) is 232 Å². The van der Waals surface area contributed by atoms with Crippen molar-refractivity contribution in [3.8, 4) is 0 Å². The molecule has 0 aliphatic carbocycles. The number of unbranched alkanes of at least 4 members (excludes halogenated alkanes) is 16. The van der Waals surface area contributed by atoms with E-state index in [4.69, 9.17) is 14.2 Å². The van der Waals surface area contributed by atoms with Crippen LogP contribution in [0, 0.1) is 0 Å². The summed E-state index contributed by atoms with van der Waals surface area (Å²) in [4.78, 5) is 38.1. The van der Waals surface area contributed by atoms with Crippen molar-refractivity contribution in [2.75, 3.05) is 13.2 Å². The zero-order valence-corrected chi connectivity index (χ0v) is 43.1. The number of hydrogen-bond donors (Lipinski definition) is 0. The molecule has 6 nitrogen and oxygen atoms in total. The molecule has 0 amide bonds. The summed E-state index contributed by atoms with van der Waals surface area (Å²) in [6.07, 6.45) is 74.7. The Hall–Kier alpha value is -4.19. The minimum absolute atomic E-state index is 0.111. The number of hydrogen-bond acceptors (Lipinski definition) is 6. The zero-order chi connectivity index (χ0) is 48.6. The fraction of sp³-hybridized carbons (Fsp3) is 0.623. The summed E-state index contributed by atoms with van der Waals surface area (Å²) in [6, 6.07) is 0. The van der Waals surface area contributed by atoms with Gasteiger partial charge in [-0.2, -0.15) is 0 Å². The van der Waals surface area contributed by atoms with Crippen LogP contribution in [0.3, 0.4) is 0 Å². The molecule has 0 fully saturated rings. The van der Waals surface area contributed by atoms with E-state index in [1.54, 1.807) is 0 Å². The quantitative estimate of drug-likeness (QED) is 0.0262. The topological polar surface area (TPSA) is 78.9 Å². The van der Waals surface area contributed by atoms with Crippen molar-refractivity contribution < 1.29 is 28.6 Å². The summed E-state index contributed by atoms with van der Waals surface area (Å²) >= 11 is 0. The lowest BCUT2D eigenvalue weighted by atomic mass is 10.1. The summed E-state index contributed by atoms with van der Waals surface area (Å²) in [6.45, 7) is 6.31. The Kier molecular flexibility index (Phi) is 51.0. The van der Waals surface area contributed by atoms with Gasteiger partial charge in [-0.1, -0.05) is 200 Å². The van der Waals surface area contributed by atoms with E-state index in [0.717, 1.165) is 128 Å². The average Bonchev–Trinajstić information content (AvgIpc) is 3.33. The van der Waals surface area contributed by atoms with Crippen LogP contribution >= 0.6 is 0 Å². The van der Waals surface area contributed by atoms with E-state index in [-0.39, 0.29) is 31.1 Å². The second-order valence-electron chi connectivity index (χ2n) is 17.4. The smallest absolute Gasteiger partial charge is 0.306 e. The molecular formula is C61H98O6. The van der Waals surface area contributed by atoms with Crippen LogP contribution < -0.4 is 0 Å². The normalized spacial score (nSPS) is 13.1. The van der Waals surface area contributed by atoms with Crippen molar-refractivity contribution in [1.29, 1.82) is 0 Å². The highest BCUT2D eigenvalue weighted by atomic mass is 16.6. The van der Waals surface area contributed by atoms with Gasteiger partial charge in [-0.3, -0.25) is 14.4 Å². The Morgan fingerprint density at radius 3 is 0.940 bits per heavy atom. The predicted molar refractivity (Wildman–Crippen MR) is 288 cm³/mol. The van der Waals surface area contributed by atoms with Gasteiger partial charge >= 0.3 is 17.9 Å². The molecule has 0 rings (SSSR count). The lowest BCUT2D eigenvalue weighted by Crippen LogP contribution is -2.30. The van der Waals surface area contributed by atoms with E-state index in [1.807, 2.05) is 0 Å². The lowest BCUT2D eigenvalue weighted by molar-refractivity contribution is -0.167. The van der Waals surface area contributed by atoms with Gasteiger partial charge in [0, 0.05) is 19.3 Å². The molecule has 0 heterocycles. The molecule has 0 aromatic carbocycles. The second kappa shape index (κ2) is 54.4. The molecule has 0 saturated carbocycles. The Labute approximate surface area is 412 Å². The van der Waals surface area contributed by atoms with Gasteiger partial charge < -0.3 is 14.2 Å². The summed E-state index contributed by atoms with van der Waals surface area (Å²) < 4.78 is 16.8. The molecule has 67 heavy (non-hydrogen) atoms. The molecule has 378 valence electrons. The van der Waals surface area contributed by atoms with E-state index in [0.29, 0.717) is 25.7 Å². The van der Waals surface area contributed by atoms with E-state index < -0.39 is 6.10 Å². The molecule has 0 bridgehead atoms. The molecule has 0 radical (unpaired) electrons. The number of allylic oxidation sites excluding steroid dienone is 20. The van der Waals surface area contributed by atoms with E-state index in [1.165, 1.54) is 51.4 Å². The average molecular weight is 927 g/mol. The van der Waals surface area contributed by atoms with Gasteiger partial charge in [-0.25, -0.2) is 0 Å². The molecule has 0 N–H and O–H groups in total. The predicted octanol–water partition coefficient (Wildman–Crippen LogP) is 18.1. The zero-order valence-electron chi connectivity index (χ0n) is 43.1. The van der Waals surface area contributed by atoms with Crippen molar-refractivity contribution >= 4 is 17.9 Å². The number of esters is 3. The molecular weight excluding hydrogens is 829 g/mol. The van der Waals surface area contributed by atoms with E-state index >= 15 is 0 Å². The van der Waals surface area contributed by atoms with Gasteiger partial charge in [0.05, 0.1) is 0 Å². The Morgan fingerprint density at radius 2 is 0.582 bits per heavy atom. The van der Waals surface area contributed by atoms with Crippen molar-refractivity contribution in [1.82, 2.24) is 0 Å². The number of carbonyl (C=O) groups is 3. The number of carbonyl (C=O) groups excluding carboxylic acids is 3. The van der Waals surface area contributed by atoms with Gasteiger partial charge in [0.2, 0.25) is 0 Å². The largest absolute Gasteiger partial charge is 0.462 e. The van der Waals surface area contributed by atoms with Crippen LogP contribution in [0.25, 0.3) is 0 Å². The molecule has 0 saturated heterocycles. The maximum atomic E-state index is 12.8. The van der Waals surface area contributed by atoms with E-state index in [2.05, 4.69) is 142 Å². The number of ether oxygens (including phenoxy) is 3. The molecule has 1 atom stereocenters. The van der Waals surface area contributed by atoms with E-state index in [9.17, 15) is 14.4 Å². The minimum Gasteiger partial charge on any atom is -0.462 e. The third-order valence-electron chi connectivity index (χ3n) is 10.9. The Bertz CT molecular complexity index is 1440. The van der Waals surface area contributed by atoms with Crippen molar-refractivity contribution in [3.63, 3.8) is 0 Å². The highest BCUT2D eigenvalue weighted by Gasteiger charge is 2.19. The first-order valence-electron chi connectivity index (χ1n) is 27.0. The van der Waals surface area contributed by atoms with Crippen molar-refractivity contribution in [3.05, 3.63) is 122 Å².